The van der Waals surface area contributed by atoms with E-state index in [1.54, 1.807) is 18.2 Å². The molecule has 2 aromatic rings. The second kappa shape index (κ2) is 4.18. The zero-order chi connectivity index (χ0) is 11.5. The first-order valence-electron chi connectivity index (χ1n) is 4.77. The highest BCUT2D eigenvalue weighted by Crippen LogP contribution is 2.26. The summed E-state index contributed by atoms with van der Waals surface area (Å²) in [6, 6.07) is 9.46. The molecule has 82 valence electrons. The van der Waals surface area contributed by atoms with Gasteiger partial charge in [-0.3, -0.25) is 0 Å². The van der Waals surface area contributed by atoms with Crippen LogP contribution in [0.4, 0.5) is 10.1 Å². The van der Waals surface area contributed by atoms with Gasteiger partial charge in [0.25, 0.3) is 0 Å². The third-order valence-electron chi connectivity index (χ3n) is 2.22. The normalized spacial score (nSPS) is 10.1. The third kappa shape index (κ3) is 1.95. The van der Waals surface area contributed by atoms with Crippen LogP contribution in [0, 0.1) is 5.82 Å². The van der Waals surface area contributed by atoms with Gasteiger partial charge in [0.1, 0.15) is 5.82 Å². The number of rotatable bonds is 2. The first-order valence-corrected chi connectivity index (χ1v) is 4.77. The van der Waals surface area contributed by atoms with Gasteiger partial charge in [-0.05, 0) is 24.3 Å². The minimum absolute atomic E-state index is 0.339. The molecule has 0 saturated heterocycles. The van der Waals surface area contributed by atoms with Crippen LogP contribution in [-0.2, 0) is 0 Å². The van der Waals surface area contributed by atoms with Gasteiger partial charge in [0.05, 0.1) is 12.8 Å². The minimum atomic E-state index is -0.339. The SMILES string of the molecule is COc1cccc(-c2cc(F)ccc2N)n1. The molecule has 0 fully saturated rings. The van der Waals surface area contributed by atoms with E-state index in [2.05, 4.69) is 4.98 Å². The molecule has 2 N–H and O–H groups in total. The fourth-order valence-corrected chi connectivity index (χ4v) is 1.43. The van der Waals surface area contributed by atoms with Gasteiger partial charge in [-0.15, -0.1) is 0 Å². The largest absolute Gasteiger partial charge is 0.481 e. The predicted octanol–water partition coefficient (Wildman–Crippen LogP) is 2.48. The first-order chi connectivity index (χ1) is 7.70. The molecular formula is C12H11FN2O. The van der Waals surface area contributed by atoms with Crippen LogP contribution in [0.5, 0.6) is 5.88 Å². The van der Waals surface area contributed by atoms with Gasteiger partial charge in [0.15, 0.2) is 0 Å². The summed E-state index contributed by atoms with van der Waals surface area (Å²) in [6.07, 6.45) is 0. The van der Waals surface area contributed by atoms with Gasteiger partial charge in [-0.25, -0.2) is 9.37 Å². The van der Waals surface area contributed by atoms with Gasteiger partial charge >= 0.3 is 0 Å². The molecule has 0 aliphatic heterocycles. The smallest absolute Gasteiger partial charge is 0.213 e. The average molecular weight is 218 g/mol. The number of pyridine rings is 1. The van der Waals surface area contributed by atoms with E-state index in [9.17, 15) is 4.39 Å². The number of nitrogens with zero attached hydrogens (tertiary/aromatic N) is 1. The van der Waals surface area contributed by atoms with E-state index in [4.69, 9.17) is 10.5 Å². The monoisotopic (exact) mass is 218 g/mol. The van der Waals surface area contributed by atoms with E-state index in [0.29, 0.717) is 22.8 Å². The second-order valence-electron chi connectivity index (χ2n) is 3.30. The summed E-state index contributed by atoms with van der Waals surface area (Å²) < 4.78 is 18.1. The van der Waals surface area contributed by atoms with Crippen LogP contribution in [0.1, 0.15) is 0 Å². The Morgan fingerprint density at radius 1 is 1.25 bits per heavy atom. The molecule has 0 amide bonds. The van der Waals surface area contributed by atoms with Gasteiger partial charge in [0.2, 0.25) is 5.88 Å². The van der Waals surface area contributed by atoms with Crippen LogP contribution in [0.15, 0.2) is 36.4 Å². The molecule has 0 atom stereocenters. The van der Waals surface area contributed by atoms with Crippen LogP contribution in [0.3, 0.4) is 0 Å². The van der Waals surface area contributed by atoms with E-state index in [1.807, 2.05) is 0 Å². The number of benzene rings is 1. The highest BCUT2D eigenvalue weighted by Gasteiger charge is 2.06. The predicted molar refractivity (Wildman–Crippen MR) is 60.6 cm³/mol. The number of hydrogen-bond donors (Lipinski definition) is 1. The minimum Gasteiger partial charge on any atom is -0.481 e. The van der Waals surface area contributed by atoms with Crippen molar-refractivity contribution in [3.05, 3.63) is 42.2 Å². The molecule has 0 aliphatic carbocycles. The summed E-state index contributed by atoms with van der Waals surface area (Å²) in [5.41, 5.74) is 7.42. The number of anilines is 1. The molecule has 4 heteroatoms. The fraction of sp³-hybridized carbons (Fsp3) is 0.0833. The lowest BCUT2D eigenvalue weighted by Gasteiger charge is -2.06. The second-order valence-corrected chi connectivity index (χ2v) is 3.30. The highest BCUT2D eigenvalue weighted by molar-refractivity contribution is 5.73. The van der Waals surface area contributed by atoms with Crippen molar-refractivity contribution in [2.24, 2.45) is 0 Å². The van der Waals surface area contributed by atoms with Crippen LogP contribution < -0.4 is 10.5 Å². The Hall–Kier alpha value is -2.10. The highest BCUT2D eigenvalue weighted by atomic mass is 19.1. The molecule has 1 heterocycles. The summed E-state index contributed by atoms with van der Waals surface area (Å²) in [6.45, 7) is 0. The Balaban J connectivity index is 2.53. The van der Waals surface area contributed by atoms with Crippen LogP contribution in [0.25, 0.3) is 11.3 Å². The van der Waals surface area contributed by atoms with E-state index in [1.165, 1.54) is 25.3 Å². The van der Waals surface area contributed by atoms with Crippen molar-refractivity contribution < 1.29 is 9.13 Å². The molecule has 0 bridgehead atoms. The molecule has 16 heavy (non-hydrogen) atoms. The summed E-state index contributed by atoms with van der Waals surface area (Å²) >= 11 is 0. The molecule has 0 aliphatic rings. The number of methoxy groups -OCH3 is 1. The van der Waals surface area contributed by atoms with E-state index < -0.39 is 0 Å². The molecule has 3 nitrogen and oxygen atoms in total. The lowest BCUT2D eigenvalue weighted by Crippen LogP contribution is -1.94. The maximum Gasteiger partial charge on any atom is 0.213 e. The fourth-order valence-electron chi connectivity index (χ4n) is 1.43. The molecular weight excluding hydrogens is 207 g/mol. The lowest BCUT2D eigenvalue weighted by atomic mass is 10.1. The van der Waals surface area contributed by atoms with Crippen molar-refractivity contribution >= 4 is 5.69 Å². The Bertz CT molecular complexity index is 514. The zero-order valence-corrected chi connectivity index (χ0v) is 8.77. The number of aromatic nitrogens is 1. The van der Waals surface area contributed by atoms with Crippen molar-refractivity contribution in [3.63, 3.8) is 0 Å². The maximum absolute atomic E-state index is 13.1. The quantitative estimate of drug-likeness (QED) is 0.788. The molecule has 1 aromatic heterocycles. The van der Waals surface area contributed by atoms with Crippen LogP contribution in [-0.4, -0.2) is 12.1 Å². The first kappa shape index (κ1) is 10.4. The van der Waals surface area contributed by atoms with Crippen molar-refractivity contribution in [3.8, 4) is 17.1 Å². The maximum atomic E-state index is 13.1. The standard InChI is InChI=1S/C12H11FN2O/c1-16-12-4-2-3-11(15-12)9-7-8(13)5-6-10(9)14/h2-7H,14H2,1H3. The van der Waals surface area contributed by atoms with E-state index in [0.717, 1.165) is 0 Å². The number of nitrogens with two attached hydrogens (primary N) is 1. The Morgan fingerprint density at radius 3 is 2.81 bits per heavy atom. The van der Waals surface area contributed by atoms with Crippen LogP contribution >= 0.6 is 0 Å². The summed E-state index contributed by atoms with van der Waals surface area (Å²) in [5, 5.41) is 0. The van der Waals surface area contributed by atoms with Gasteiger partial charge in [-0.2, -0.15) is 0 Å². The molecule has 0 radical (unpaired) electrons. The molecule has 1 aromatic carbocycles. The van der Waals surface area contributed by atoms with E-state index in [-0.39, 0.29) is 5.82 Å². The van der Waals surface area contributed by atoms with Crippen molar-refractivity contribution in [2.45, 2.75) is 0 Å². The van der Waals surface area contributed by atoms with Crippen molar-refractivity contribution in [1.82, 2.24) is 4.98 Å². The number of ether oxygens (including phenoxy) is 1. The van der Waals surface area contributed by atoms with E-state index >= 15 is 0 Å². The van der Waals surface area contributed by atoms with Crippen LogP contribution in [0.2, 0.25) is 0 Å². The number of halogens is 1. The third-order valence-corrected chi connectivity index (χ3v) is 2.22. The van der Waals surface area contributed by atoms with Gasteiger partial charge < -0.3 is 10.5 Å². The van der Waals surface area contributed by atoms with Gasteiger partial charge in [0, 0.05) is 17.3 Å². The molecule has 2 rings (SSSR count). The number of hydrogen-bond acceptors (Lipinski definition) is 3. The Morgan fingerprint density at radius 2 is 2.06 bits per heavy atom. The Kier molecular flexibility index (Phi) is 2.72. The van der Waals surface area contributed by atoms with Crippen molar-refractivity contribution in [1.29, 1.82) is 0 Å². The average Bonchev–Trinajstić information content (AvgIpc) is 2.32. The molecule has 0 saturated carbocycles. The Labute approximate surface area is 92.7 Å². The van der Waals surface area contributed by atoms with Crippen molar-refractivity contribution in [2.75, 3.05) is 12.8 Å². The molecule has 0 unspecified atom stereocenters. The summed E-state index contributed by atoms with van der Waals surface area (Å²) in [5.74, 6) is 0.134. The lowest BCUT2D eigenvalue weighted by molar-refractivity contribution is 0.398. The topological polar surface area (TPSA) is 48.1 Å². The summed E-state index contributed by atoms with van der Waals surface area (Å²) in [7, 11) is 1.53. The number of nitrogen functional groups attached to an aromatic ring is 1. The molecule has 0 spiro atoms. The van der Waals surface area contributed by atoms with Gasteiger partial charge in [-0.1, -0.05) is 6.07 Å². The summed E-state index contributed by atoms with van der Waals surface area (Å²) in [4.78, 5) is 4.19. The zero-order valence-electron chi connectivity index (χ0n) is 8.77.